The van der Waals surface area contributed by atoms with Gasteiger partial charge in [-0.1, -0.05) is 0 Å². The molecule has 1 saturated carbocycles. The molecule has 30 heavy (non-hydrogen) atoms. The van der Waals surface area contributed by atoms with Crippen molar-refractivity contribution in [3.63, 3.8) is 0 Å². The summed E-state index contributed by atoms with van der Waals surface area (Å²) in [5.74, 6) is -1.58. The lowest BCUT2D eigenvalue weighted by Crippen LogP contribution is -2.45. The lowest BCUT2D eigenvalue weighted by Gasteiger charge is -2.37. The molecule has 0 radical (unpaired) electrons. The summed E-state index contributed by atoms with van der Waals surface area (Å²) in [5, 5.41) is 4.99. The Morgan fingerprint density at radius 2 is 1.80 bits per heavy atom. The fourth-order valence-electron chi connectivity index (χ4n) is 3.43. The Morgan fingerprint density at radius 3 is 2.50 bits per heavy atom. The normalized spacial score (nSPS) is 18.7. The average Bonchev–Trinajstić information content (AvgIpc) is 2.67. The van der Waals surface area contributed by atoms with Crippen molar-refractivity contribution >= 4 is 34.9 Å². The zero-order chi connectivity index (χ0) is 20.6. The summed E-state index contributed by atoms with van der Waals surface area (Å²) in [4.78, 5) is 4.42. The van der Waals surface area contributed by atoms with E-state index in [1.807, 2.05) is 0 Å². The highest BCUT2D eigenvalue weighted by Crippen LogP contribution is 2.40. The lowest BCUT2D eigenvalue weighted by molar-refractivity contribution is -0.140. The molecule has 1 aromatic heterocycles. The number of fused-ring (bicyclic) bond motifs is 1. The molecule has 0 amide bonds. The molecular weight excluding hydrogens is 443 g/mol. The summed E-state index contributed by atoms with van der Waals surface area (Å²) in [6.07, 6.45) is 0.230. The topological polar surface area (TPSA) is 24.9 Å². The molecule has 9 heteroatoms. The first kappa shape index (κ1) is 22.8. The Morgan fingerprint density at radius 1 is 1.03 bits per heavy atom. The second-order valence-corrected chi connectivity index (χ2v) is 8.30. The maximum atomic E-state index is 14.3. The van der Waals surface area contributed by atoms with Crippen molar-refractivity contribution in [1.82, 2.24) is 10.3 Å². The van der Waals surface area contributed by atoms with E-state index in [1.54, 1.807) is 24.5 Å². The lowest BCUT2D eigenvalue weighted by atomic mass is 9.92. The third-order valence-electron chi connectivity index (χ3n) is 5.16. The third-order valence-corrected chi connectivity index (χ3v) is 6.55. The van der Waals surface area contributed by atoms with Crippen molar-refractivity contribution in [3.05, 3.63) is 71.6 Å². The van der Waals surface area contributed by atoms with Crippen LogP contribution in [-0.4, -0.2) is 16.3 Å². The molecule has 2 nitrogen and oxygen atoms in total. The monoisotopic (exact) mass is 460 g/mol. The number of alkyl halides is 3. The number of thioether (sulfide) groups is 1. The molecule has 1 fully saturated rings. The van der Waals surface area contributed by atoms with E-state index in [1.165, 1.54) is 23.9 Å². The van der Waals surface area contributed by atoms with Gasteiger partial charge in [-0.15, -0.1) is 24.2 Å². The minimum atomic E-state index is -4.72. The smallest absolute Gasteiger partial charge is 0.309 e. The minimum Gasteiger partial charge on any atom is -0.309 e. The maximum Gasteiger partial charge on any atom is 0.419 e. The molecule has 0 aliphatic heterocycles. The number of pyridine rings is 1. The van der Waals surface area contributed by atoms with Crippen LogP contribution < -0.4 is 5.32 Å². The van der Waals surface area contributed by atoms with Gasteiger partial charge in [-0.05, 0) is 54.6 Å². The quantitative estimate of drug-likeness (QED) is 0.448. The number of aromatic nitrogens is 1. The Balaban J connectivity index is 0.00000256. The molecule has 0 bridgehead atoms. The predicted molar refractivity (Wildman–Crippen MR) is 110 cm³/mol. The SMILES string of the molecule is Cl.Fc1ccc(S[C@@H]2CC[C@H]2NCc2c(F)ccc3cnccc23)cc1C(F)(F)F. The number of rotatable bonds is 5. The van der Waals surface area contributed by atoms with Crippen molar-refractivity contribution in [2.24, 2.45) is 0 Å². The summed E-state index contributed by atoms with van der Waals surface area (Å²) in [5.41, 5.74) is -0.709. The molecule has 2 aromatic carbocycles. The van der Waals surface area contributed by atoms with Gasteiger partial charge in [0.05, 0.1) is 5.56 Å². The first-order valence-corrected chi connectivity index (χ1v) is 9.99. The zero-order valence-corrected chi connectivity index (χ0v) is 17.2. The van der Waals surface area contributed by atoms with Crippen LogP contribution >= 0.6 is 24.2 Å². The standard InChI is InChI=1S/C21H17F5N2S.ClH/c22-17-3-1-12-10-27-8-7-14(12)15(17)11-28-19-5-6-20(19)29-13-2-4-18(23)16(9-13)21(24,25)26;/h1-4,7-10,19-20,28H,5-6,11H2;1H/t19-,20-;/m1./s1. The van der Waals surface area contributed by atoms with Crippen LogP contribution in [0, 0.1) is 11.6 Å². The Bertz CT molecular complexity index is 1040. The maximum absolute atomic E-state index is 14.3. The summed E-state index contributed by atoms with van der Waals surface area (Å²) in [7, 11) is 0. The van der Waals surface area contributed by atoms with E-state index in [2.05, 4.69) is 10.3 Å². The molecule has 1 N–H and O–H groups in total. The van der Waals surface area contributed by atoms with E-state index in [9.17, 15) is 22.0 Å². The molecule has 1 aliphatic rings. The van der Waals surface area contributed by atoms with E-state index < -0.39 is 17.6 Å². The molecule has 0 spiro atoms. The molecular formula is C21H18ClF5N2S. The zero-order valence-electron chi connectivity index (χ0n) is 15.5. The number of nitrogens with one attached hydrogen (secondary N) is 1. The highest BCUT2D eigenvalue weighted by Gasteiger charge is 2.36. The fourth-order valence-corrected chi connectivity index (χ4v) is 4.77. The van der Waals surface area contributed by atoms with Crippen LogP contribution in [0.25, 0.3) is 10.8 Å². The number of hydrogen-bond donors (Lipinski definition) is 1. The van der Waals surface area contributed by atoms with Crippen molar-refractivity contribution in [2.75, 3.05) is 0 Å². The average molecular weight is 461 g/mol. The highest BCUT2D eigenvalue weighted by atomic mass is 35.5. The summed E-state index contributed by atoms with van der Waals surface area (Å²) in [6, 6.07) is 7.96. The van der Waals surface area contributed by atoms with Crippen molar-refractivity contribution in [3.8, 4) is 0 Å². The van der Waals surface area contributed by atoms with Crippen LogP contribution in [0.4, 0.5) is 22.0 Å². The van der Waals surface area contributed by atoms with Gasteiger partial charge in [0.25, 0.3) is 0 Å². The number of hydrogen-bond acceptors (Lipinski definition) is 3. The van der Waals surface area contributed by atoms with Gasteiger partial charge < -0.3 is 5.32 Å². The molecule has 1 heterocycles. The van der Waals surface area contributed by atoms with Gasteiger partial charge in [0.2, 0.25) is 0 Å². The van der Waals surface area contributed by atoms with E-state index in [4.69, 9.17) is 0 Å². The predicted octanol–water partition coefficient (Wildman–Crippen LogP) is 6.37. The van der Waals surface area contributed by atoms with Gasteiger partial charge in [-0.3, -0.25) is 4.98 Å². The van der Waals surface area contributed by atoms with Crippen LogP contribution in [0.3, 0.4) is 0 Å². The first-order chi connectivity index (χ1) is 13.8. The summed E-state index contributed by atoms with van der Waals surface area (Å²) >= 11 is 1.29. The second kappa shape index (κ2) is 9.08. The number of benzene rings is 2. The first-order valence-electron chi connectivity index (χ1n) is 9.11. The molecule has 2 atom stereocenters. The van der Waals surface area contributed by atoms with Crippen molar-refractivity contribution in [2.45, 2.75) is 41.7 Å². The number of nitrogens with zero attached hydrogens (tertiary/aromatic N) is 1. The van der Waals surface area contributed by atoms with Crippen LogP contribution in [0.5, 0.6) is 0 Å². The van der Waals surface area contributed by atoms with E-state index >= 15 is 0 Å². The third kappa shape index (κ3) is 4.71. The molecule has 4 rings (SSSR count). The summed E-state index contributed by atoms with van der Waals surface area (Å²) < 4.78 is 66.5. The molecule has 1 aliphatic carbocycles. The number of halogens is 6. The van der Waals surface area contributed by atoms with Gasteiger partial charge in [-0.25, -0.2) is 8.78 Å². The van der Waals surface area contributed by atoms with Gasteiger partial charge in [0.15, 0.2) is 0 Å². The summed E-state index contributed by atoms with van der Waals surface area (Å²) in [6.45, 7) is 0.312. The molecule has 0 unspecified atom stereocenters. The van der Waals surface area contributed by atoms with Crippen LogP contribution in [0.15, 0.2) is 53.7 Å². The van der Waals surface area contributed by atoms with Crippen molar-refractivity contribution < 1.29 is 22.0 Å². The van der Waals surface area contributed by atoms with E-state index in [0.717, 1.165) is 35.7 Å². The van der Waals surface area contributed by atoms with Crippen LogP contribution in [0.2, 0.25) is 0 Å². The van der Waals surface area contributed by atoms with Crippen LogP contribution in [0.1, 0.15) is 24.0 Å². The highest BCUT2D eigenvalue weighted by molar-refractivity contribution is 8.00. The van der Waals surface area contributed by atoms with Gasteiger partial charge in [-0.2, -0.15) is 13.2 Å². The second-order valence-electron chi connectivity index (χ2n) is 6.98. The van der Waals surface area contributed by atoms with Gasteiger partial charge in [0, 0.05) is 46.1 Å². The van der Waals surface area contributed by atoms with Crippen LogP contribution in [-0.2, 0) is 12.7 Å². The molecule has 3 aromatic rings. The Kier molecular flexibility index (Phi) is 6.89. The fraction of sp³-hybridized carbons (Fsp3) is 0.286. The molecule has 160 valence electrons. The molecule has 0 saturated heterocycles. The largest absolute Gasteiger partial charge is 0.419 e. The van der Waals surface area contributed by atoms with Crippen molar-refractivity contribution in [1.29, 1.82) is 0 Å². The Labute approximate surface area is 180 Å². The Hall–Kier alpha value is -1.90. The van der Waals surface area contributed by atoms with Gasteiger partial charge >= 0.3 is 6.18 Å². The van der Waals surface area contributed by atoms with E-state index in [-0.39, 0.29) is 29.5 Å². The minimum absolute atomic E-state index is 0. The van der Waals surface area contributed by atoms with Gasteiger partial charge in [0.1, 0.15) is 11.6 Å². The van der Waals surface area contributed by atoms with E-state index in [0.29, 0.717) is 17.0 Å².